The van der Waals surface area contributed by atoms with Gasteiger partial charge in [-0.15, -0.1) is 0 Å². The Morgan fingerprint density at radius 3 is 2.50 bits per heavy atom. The molecule has 1 aliphatic rings. The van der Waals surface area contributed by atoms with Crippen LogP contribution in [0.15, 0.2) is 0 Å². The SMILES string of the molecule is CCCCCCCCC(NCCC)C1CCCO1. The summed E-state index contributed by atoms with van der Waals surface area (Å²) in [7, 11) is 0. The highest BCUT2D eigenvalue weighted by Crippen LogP contribution is 2.20. The molecule has 0 aromatic rings. The van der Waals surface area contributed by atoms with Crippen LogP contribution in [0.3, 0.4) is 0 Å². The second-order valence-corrected chi connectivity index (χ2v) is 5.67. The van der Waals surface area contributed by atoms with Gasteiger partial charge in [-0.3, -0.25) is 0 Å². The molecule has 18 heavy (non-hydrogen) atoms. The third-order valence-electron chi connectivity index (χ3n) is 3.94. The van der Waals surface area contributed by atoms with Crippen molar-refractivity contribution in [2.24, 2.45) is 0 Å². The van der Waals surface area contributed by atoms with E-state index in [9.17, 15) is 0 Å². The van der Waals surface area contributed by atoms with Crippen LogP contribution in [0.25, 0.3) is 0 Å². The normalized spacial score (nSPS) is 21.3. The minimum Gasteiger partial charge on any atom is -0.377 e. The van der Waals surface area contributed by atoms with Crippen LogP contribution in [0.4, 0.5) is 0 Å². The lowest BCUT2D eigenvalue weighted by atomic mass is 10.00. The fourth-order valence-corrected chi connectivity index (χ4v) is 2.81. The summed E-state index contributed by atoms with van der Waals surface area (Å²) in [5, 5.41) is 3.69. The molecule has 0 bridgehead atoms. The molecule has 2 nitrogen and oxygen atoms in total. The van der Waals surface area contributed by atoms with Gasteiger partial charge in [-0.25, -0.2) is 0 Å². The Morgan fingerprint density at radius 1 is 1.06 bits per heavy atom. The van der Waals surface area contributed by atoms with E-state index >= 15 is 0 Å². The summed E-state index contributed by atoms with van der Waals surface area (Å²) >= 11 is 0. The number of hydrogen-bond donors (Lipinski definition) is 1. The second-order valence-electron chi connectivity index (χ2n) is 5.67. The number of nitrogens with one attached hydrogen (secondary N) is 1. The zero-order valence-corrected chi connectivity index (χ0v) is 12.5. The molecule has 0 saturated carbocycles. The summed E-state index contributed by atoms with van der Waals surface area (Å²) in [6, 6.07) is 0.610. The zero-order valence-electron chi connectivity index (χ0n) is 12.5. The minimum absolute atomic E-state index is 0.493. The van der Waals surface area contributed by atoms with Crippen LogP contribution in [0, 0.1) is 0 Å². The fraction of sp³-hybridized carbons (Fsp3) is 1.00. The molecule has 1 N–H and O–H groups in total. The van der Waals surface area contributed by atoms with E-state index in [0.717, 1.165) is 13.2 Å². The summed E-state index contributed by atoms with van der Waals surface area (Å²) in [4.78, 5) is 0. The van der Waals surface area contributed by atoms with Gasteiger partial charge in [0.25, 0.3) is 0 Å². The second kappa shape index (κ2) is 10.8. The van der Waals surface area contributed by atoms with E-state index in [1.807, 2.05) is 0 Å². The maximum atomic E-state index is 5.85. The number of rotatable bonds is 11. The molecule has 0 aliphatic carbocycles. The average molecular weight is 255 g/mol. The first kappa shape index (κ1) is 16.0. The molecule has 0 aromatic carbocycles. The quantitative estimate of drug-likeness (QED) is 0.556. The van der Waals surface area contributed by atoms with Crippen molar-refractivity contribution >= 4 is 0 Å². The lowest BCUT2D eigenvalue weighted by Crippen LogP contribution is -2.39. The van der Waals surface area contributed by atoms with Crippen molar-refractivity contribution in [3.05, 3.63) is 0 Å². The van der Waals surface area contributed by atoms with E-state index in [1.165, 1.54) is 64.2 Å². The van der Waals surface area contributed by atoms with Gasteiger partial charge in [-0.2, -0.15) is 0 Å². The van der Waals surface area contributed by atoms with E-state index < -0.39 is 0 Å². The molecule has 0 aromatic heterocycles. The van der Waals surface area contributed by atoms with Gasteiger partial charge in [-0.05, 0) is 32.2 Å². The highest BCUT2D eigenvalue weighted by molar-refractivity contribution is 4.80. The van der Waals surface area contributed by atoms with Gasteiger partial charge in [0.05, 0.1) is 6.10 Å². The predicted octanol–water partition coefficient (Wildman–Crippen LogP) is 4.28. The molecule has 0 spiro atoms. The van der Waals surface area contributed by atoms with E-state index in [2.05, 4.69) is 19.2 Å². The Kier molecular flexibility index (Phi) is 9.59. The van der Waals surface area contributed by atoms with Gasteiger partial charge in [0.1, 0.15) is 0 Å². The van der Waals surface area contributed by atoms with Crippen molar-refractivity contribution in [1.82, 2.24) is 5.32 Å². The summed E-state index contributed by atoms with van der Waals surface area (Å²) < 4.78 is 5.85. The number of hydrogen-bond acceptors (Lipinski definition) is 2. The molecule has 1 rings (SSSR count). The molecule has 0 amide bonds. The molecular formula is C16H33NO. The van der Waals surface area contributed by atoms with Crippen molar-refractivity contribution in [3.63, 3.8) is 0 Å². The Bertz CT molecular complexity index is 178. The summed E-state index contributed by atoms with van der Waals surface area (Å²) in [6.07, 6.45) is 13.9. The van der Waals surface area contributed by atoms with Gasteiger partial charge in [0, 0.05) is 12.6 Å². The van der Waals surface area contributed by atoms with E-state index in [0.29, 0.717) is 12.1 Å². The highest BCUT2D eigenvalue weighted by Gasteiger charge is 2.24. The van der Waals surface area contributed by atoms with Gasteiger partial charge in [0.2, 0.25) is 0 Å². The number of ether oxygens (including phenoxy) is 1. The molecule has 0 radical (unpaired) electrons. The Hall–Kier alpha value is -0.0800. The molecule has 1 heterocycles. The van der Waals surface area contributed by atoms with Crippen LogP contribution in [0.2, 0.25) is 0 Å². The first-order valence-corrected chi connectivity index (χ1v) is 8.23. The lowest BCUT2D eigenvalue weighted by molar-refractivity contribution is 0.0747. The van der Waals surface area contributed by atoms with Crippen LogP contribution >= 0.6 is 0 Å². The van der Waals surface area contributed by atoms with Crippen molar-refractivity contribution in [2.75, 3.05) is 13.2 Å². The van der Waals surface area contributed by atoms with E-state index in [4.69, 9.17) is 4.74 Å². The summed E-state index contributed by atoms with van der Waals surface area (Å²) in [5.41, 5.74) is 0. The third kappa shape index (κ3) is 6.75. The monoisotopic (exact) mass is 255 g/mol. The standard InChI is InChI=1S/C16H33NO/c1-3-5-6-7-8-9-11-15(17-13-4-2)16-12-10-14-18-16/h15-17H,3-14H2,1-2H3. The maximum Gasteiger partial charge on any atom is 0.0728 e. The topological polar surface area (TPSA) is 21.3 Å². The molecule has 108 valence electrons. The summed E-state index contributed by atoms with van der Waals surface area (Å²) in [6.45, 7) is 6.64. The molecule has 2 heteroatoms. The summed E-state index contributed by atoms with van der Waals surface area (Å²) in [5.74, 6) is 0. The molecule has 1 saturated heterocycles. The molecule has 1 fully saturated rings. The Balaban J connectivity index is 2.11. The molecular weight excluding hydrogens is 222 g/mol. The molecule has 2 unspecified atom stereocenters. The van der Waals surface area contributed by atoms with Crippen molar-refractivity contribution in [3.8, 4) is 0 Å². The largest absolute Gasteiger partial charge is 0.377 e. The molecule has 2 atom stereocenters. The number of unbranched alkanes of at least 4 members (excludes halogenated alkanes) is 5. The smallest absolute Gasteiger partial charge is 0.0728 e. The first-order chi connectivity index (χ1) is 8.88. The highest BCUT2D eigenvalue weighted by atomic mass is 16.5. The first-order valence-electron chi connectivity index (χ1n) is 8.23. The van der Waals surface area contributed by atoms with Crippen LogP contribution < -0.4 is 5.32 Å². The predicted molar refractivity (Wildman–Crippen MR) is 79.0 cm³/mol. The van der Waals surface area contributed by atoms with Gasteiger partial charge in [-0.1, -0.05) is 52.4 Å². The molecule has 1 aliphatic heterocycles. The van der Waals surface area contributed by atoms with Gasteiger partial charge in [0.15, 0.2) is 0 Å². The maximum absolute atomic E-state index is 5.85. The zero-order chi connectivity index (χ0) is 13.1. The average Bonchev–Trinajstić information content (AvgIpc) is 2.91. The lowest BCUT2D eigenvalue weighted by Gasteiger charge is -2.24. The van der Waals surface area contributed by atoms with Crippen LogP contribution in [-0.2, 0) is 4.74 Å². The van der Waals surface area contributed by atoms with E-state index in [-0.39, 0.29) is 0 Å². The van der Waals surface area contributed by atoms with Crippen molar-refractivity contribution < 1.29 is 4.74 Å². The van der Waals surface area contributed by atoms with Gasteiger partial charge < -0.3 is 10.1 Å². The minimum atomic E-state index is 0.493. The van der Waals surface area contributed by atoms with Gasteiger partial charge >= 0.3 is 0 Å². The Labute approximate surface area is 114 Å². The Morgan fingerprint density at radius 2 is 1.83 bits per heavy atom. The van der Waals surface area contributed by atoms with Crippen molar-refractivity contribution in [1.29, 1.82) is 0 Å². The van der Waals surface area contributed by atoms with Crippen LogP contribution in [0.5, 0.6) is 0 Å². The third-order valence-corrected chi connectivity index (χ3v) is 3.94. The van der Waals surface area contributed by atoms with Crippen LogP contribution in [0.1, 0.15) is 78.1 Å². The fourth-order valence-electron chi connectivity index (χ4n) is 2.81. The van der Waals surface area contributed by atoms with Crippen molar-refractivity contribution in [2.45, 2.75) is 90.2 Å². The van der Waals surface area contributed by atoms with E-state index in [1.54, 1.807) is 0 Å². The van der Waals surface area contributed by atoms with Crippen LogP contribution in [-0.4, -0.2) is 25.3 Å².